The van der Waals surface area contributed by atoms with Crippen molar-refractivity contribution in [1.82, 2.24) is 15.5 Å². The molecule has 1 aliphatic carbocycles. The maximum atomic E-state index is 5.43. The van der Waals surface area contributed by atoms with Crippen LogP contribution in [0.1, 0.15) is 75.3 Å². The molecule has 1 heterocycles. The van der Waals surface area contributed by atoms with Gasteiger partial charge in [-0.05, 0) is 43.7 Å². The maximum Gasteiger partial charge on any atom is 0.243 e. The summed E-state index contributed by atoms with van der Waals surface area (Å²) in [5, 5.41) is 7.73. The van der Waals surface area contributed by atoms with Gasteiger partial charge in [0.15, 0.2) is 5.82 Å². The fourth-order valence-electron chi connectivity index (χ4n) is 3.19. The number of hydrogen-bond acceptors (Lipinski definition) is 4. The third kappa shape index (κ3) is 3.47. The Hall–Kier alpha value is -1.68. The first-order valence-electron chi connectivity index (χ1n) is 8.50. The molecular formula is C19H27N3O. The van der Waals surface area contributed by atoms with Crippen LogP contribution in [0.3, 0.4) is 0 Å². The van der Waals surface area contributed by atoms with Crippen LogP contribution in [-0.2, 0) is 5.41 Å². The Morgan fingerprint density at radius 3 is 2.52 bits per heavy atom. The van der Waals surface area contributed by atoms with Gasteiger partial charge in [0.05, 0.1) is 6.04 Å². The molecule has 1 aliphatic rings. The Bertz CT molecular complexity index is 665. The first-order valence-corrected chi connectivity index (χ1v) is 8.50. The van der Waals surface area contributed by atoms with Crippen molar-refractivity contribution >= 4 is 0 Å². The van der Waals surface area contributed by atoms with Crippen molar-refractivity contribution in [3.05, 3.63) is 47.1 Å². The van der Waals surface area contributed by atoms with Crippen molar-refractivity contribution in [2.75, 3.05) is 0 Å². The van der Waals surface area contributed by atoms with Crippen molar-refractivity contribution < 1.29 is 4.52 Å². The van der Waals surface area contributed by atoms with Crippen molar-refractivity contribution in [2.45, 2.75) is 70.9 Å². The summed E-state index contributed by atoms with van der Waals surface area (Å²) in [7, 11) is 0. The van der Waals surface area contributed by atoms with Gasteiger partial charge in [-0.2, -0.15) is 4.98 Å². The van der Waals surface area contributed by atoms with E-state index in [1.807, 2.05) is 0 Å². The lowest BCUT2D eigenvalue weighted by Crippen LogP contribution is -2.41. The molecule has 4 heteroatoms. The molecule has 0 bridgehead atoms. The number of rotatable bonds is 4. The average Bonchev–Trinajstić information content (AvgIpc) is 2.93. The van der Waals surface area contributed by atoms with Crippen LogP contribution < -0.4 is 5.32 Å². The highest BCUT2D eigenvalue weighted by Gasteiger charge is 2.33. The van der Waals surface area contributed by atoms with Crippen molar-refractivity contribution in [2.24, 2.45) is 0 Å². The minimum Gasteiger partial charge on any atom is -0.338 e. The first kappa shape index (κ1) is 16.2. The second-order valence-corrected chi connectivity index (χ2v) is 7.82. The zero-order valence-corrected chi connectivity index (χ0v) is 14.8. The predicted octanol–water partition coefficient (Wildman–Crippen LogP) is 4.27. The monoisotopic (exact) mass is 313 g/mol. The topological polar surface area (TPSA) is 51.0 Å². The molecule has 1 aromatic carbocycles. The fraction of sp³-hybridized carbons (Fsp3) is 0.579. The Labute approximate surface area is 138 Å². The van der Waals surface area contributed by atoms with Crippen LogP contribution >= 0.6 is 0 Å². The van der Waals surface area contributed by atoms with Gasteiger partial charge in [0.1, 0.15) is 0 Å². The summed E-state index contributed by atoms with van der Waals surface area (Å²) < 4.78 is 5.43. The number of aromatic nitrogens is 2. The number of hydrogen-bond donors (Lipinski definition) is 1. The zero-order chi connectivity index (χ0) is 16.6. The van der Waals surface area contributed by atoms with Gasteiger partial charge in [-0.15, -0.1) is 0 Å². The van der Waals surface area contributed by atoms with Crippen molar-refractivity contribution in [3.63, 3.8) is 0 Å². The summed E-state index contributed by atoms with van der Waals surface area (Å²) in [5.41, 5.74) is 2.81. The summed E-state index contributed by atoms with van der Waals surface area (Å²) >= 11 is 0. The second kappa shape index (κ2) is 6.08. The van der Waals surface area contributed by atoms with E-state index >= 15 is 0 Å². The lowest BCUT2D eigenvalue weighted by molar-refractivity contribution is 0.245. The molecule has 1 atom stereocenters. The Balaban J connectivity index is 1.56. The number of aryl methyl sites for hydroxylation is 1. The van der Waals surface area contributed by atoms with Crippen LogP contribution in [0.15, 0.2) is 28.8 Å². The van der Waals surface area contributed by atoms with E-state index in [-0.39, 0.29) is 11.5 Å². The van der Waals surface area contributed by atoms with Gasteiger partial charge in [0.2, 0.25) is 5.89 Å². The largest absolute Gasteiger partial charge is 0.338 e. The number of nitrogens with zero attached hydrogens (tertiary/aromatic N) is 2. The molecule has 3 rings (SSSR count). The molecule has 0 amide bonds. The van der Waals surface area contributed by atoms with Crippen LogP contribution in [0.4, 0.5) is 0 Å². The Morgan fingerprint density at radius 2 is 1.91 bits per heavy atom. The van der Waals surface area contributed by atoms with Gasteiger partial charge < -0.3 is 9.84 Å². The van der Waals surface area contributed by atoms with E-state index < -0.39 is 0 Å². The fourth-order valence-corrected chi connectivity index (χ4v) is 3.19. The summed E-state index contributed by atoms with van der Waals surface area (Å²) in [6.45, 7) is 10.6. The first-order chi connectivity index (χ1) is 10.8. The Morgan fingerprint density at radius 1 is 1.22 bits per heavy atom. The molecule has 1 unspecified atom stereocenters. The molecule has 23 heavy (non-hydrogen) atoms. The van der Waals surface area contributed by atoms with Gasteiger partial charge in [-0.1, -0.05) is 50.2 Å². The zero-order valence-electron chi connectivity index (χ0n) is 14.8. The minimum atomic E-state index is -0.0755. The SMILES string of the molecule is Cc1ccccc1C1CC(NC(C)c2nc(C(C)(C)C)no2)C1. The molecule has 0 spiro atoms. The molecule has 1 saturated carbocycles. The van der Waals surface area contributed by atoms with E-state index in [9.17, 15) is 0 Å². The van der Waals surface area contributed by atoms with Gasteiger partial charge in [-0.25, -0.2) is 0 Å². The molecule has 4 nitrogen and oxygen atoms in total. The molecule has 2 aromatic rings. The average molecular weight is 313 g/mol. The van der Waals surface area contributed by atoms with Crippen LogP contribution in [-0.4, -0.2) is 16.2 Å². The van der Waals surface area contributed by atoms with Gasteiger partial charge in [-0.3, -0.25) is 0 Å². The molecule has 124 valence electrons. The third-order valence-electron chi connectivity index (χ3n) is 4.74. The van der Waals surface area contributed by atoms with Gasteiger partial charge in [0, 0.05) is 11.5 Å². The quantitative estimate of drug-likeness (QED) is 0.915. The number of nitrogens with one attached hydrogen (secondary N) is 1. The Kier molecular flexibility index (Phi) is 4.28. The molecule has 0 saturated heterocycles. The lowest BCUT2D eigenvalue weighted by Gasteiger charge is -2.38. The van der Waals surface area contributed by atoms with Gasteiger partial charge >= 0.3 is 0 Å². The van der Waals surface area contributed by atoms with E-state index in [2.05, 4.69) is 74.3 Å². The highest BCUT2D eigenvalue weighted by molar-refractivity contribution is 5.31. The number of benzene rings is 1. The van der Waals surface area contributed by atoms with E-state index in [4.69, 9.17) is 4.52 Å². The highest BCUT2D eigenvalue weighted by atomic mass is 16.5. The summed E-state index contributed by atoms with van der Waals surface area (Å²) in [5.74, 6) is 2.13. The lowest BCUT2D eigenvalue weighted by atomic mass is 9.74. The van der Waals surface area contributed by atoms with E-state index in [1.165, 1.54) is 24.0 Å². The molecule has 1 aromatic heterocycles. The van der Waals surface area contributed by atoms with Crippen molar-refractivity contribution in [3.8, 4) is 0 Å². The third-order valence-corrected chi connectivity index (χ3v) is 4.74. The minimum absolute atomic E-state index is 0.0755. The van der Waals surface area contributed by atoms with Crippen LogP contribution in [0, 0.1) is 6.92 Å². The molecular weight excluding hydrogens is 286 g/mol. The van der Waals surface area contributed by atoms with Crippen LogP contribution in [0.5, 0.6) is 0 Å². The summed E-state index contributed by atoms with van der Waals surface area (Å²) in [6.07, 6.45) is 2.35. The van der Waals surface area contributed by atoms with E-state index in [0.29, 0.717) is 17.9 Å². The van der Waals surface area contributed by atoms with Crippen molar-refractivity contribution in [1.29, 1.82) is 0 Å². The van der Waals surface area contributed by atoms with Crippen LogP contribution in [0.2, 0.25) is 0 Å². The van der Waals surface area contributed by atoms with E-state index in [0.717, 1.165) is 5.82 Å². The summed E-state index contributed by atoms with van der Waals surface area (Å²) in [6, 6.07) is 9.33. The smallest absolute Gasteiger partial charge is 0.243 e. The summed E-state index contributed by atoms with van der Waals surface area (Å²) in [4.78, 5) is 4.54. The molecule has 0 radical (unpaired) electrons. The van der Waals surface area contributed by atoms with Gasteiger partial charge in [0.25, 0.3) is 0 Å². The highest BCUT2D eigenvalue weighted by Crippen LogP contribution is 2.39. The molecule has 0 aliphatic heterocycles. The van der Waals surface area contributed by atoms with Crippen LogP contribution in [0.25, 0.3) is 0 Å². The van der Waals surface area contributed by atoms with E-state index in [1.54, 1.807) is 0 Å². The maximum absolute atomic E-state index is 5.43. The normalized spacial score (nSPS) is 22.7. The standard InChI is InChI=1S/C19H27N3O/c1-12-8-6-7-9-16(12)14-10-15(11-14)20-13(2)17-21-18(22-23-17)19(3,4)5/h6-9,13-15,20H,10-11H2,1-5H3. The molecule has 1 fully saturated rings. The second-order valence-electron chi connectivity index (χ2n) is 7.82. The molecule has 1 N–H and O–H groups in total. The predicted molar refractivity (Wildman–Crippen MR) is 91.5 cm³/mol.